The van der Waals surface area contributed by atoms with E-state index in [2.05, 4.69) is 26.1 Å². The summed E-state index contributed by atoms with van der Waals surface area (Å²) in [6, 6.07) is 6.98. The van der Waals surface area contributed by atoms with Crippen LogP contribution in [0.25, 0.3) is 0 Å². The molecule has 0 spiro atoms. The van der Waals surface area contributed by atoms with Gasteiger partial charge in [-0.3, -0.25) is 0 Å². The molecule has 3 heteroatoms. The van der Waals surface area contributed by atoms with Gasteiger partial charge in [0.05, 0.1) is 0 Å². The Hall–Kier alpha value is -0.930. The minimum absolute atomic E-state index is 0.000727. The Bertz CT molecular complexity index is 362. The smallest absolute Gasteiger partial charge is 0.123 e. The molecule has 1 aromatic carbocycles. The van der Waals surface area contributed by atoms with E-state index in [4.69, 9.17) is 0 Å². The average Bonchev–Trinajstić information content (AvgIpc) is 2.40. The molecule has 0 heterocycles. The van der Waals surface area contributed by atoms with Crippen molar-refractivity contribution in [2.24, 2.45) is 5.41 Å². The zero-order chi connectivity index (χ0) is 14.3. The summed E-state index contributed by atoms with van der Waals surface area (Å²) in [6.07, 6.45) is 3.01. The van der Waals surface area contributed by atoms with Gasteiger partial charge in [0.2, 0.25) is 0 Å². The van der Waals surface area contributed by atoms with Crippen LogP contribution < -0.4 is 5.32 Å². The van der Waals surface area contributed by atoms with Crippen LogP contribution in [-0.2, 0) is 0 Å². The summed E-state index contributed by atoms with van der Waals surface area (Å²) < 4.78 is 12.9. The highest BCUT2D eigenvalue weighted by molar-refractivity contribution is 5.19. The highest BCUT2D eigenvalue weighted by Gasteiger charge is 2.16. The Labute approximate surface area is 116 Å². The van der Waals surface area contributed by atoms with Crippen LogP contribution in [-0.4, -0.2) is 18.3 Å². The topological polar surface area (TPSA) is 32.3 Å². The molecule has 1 unspecified atom stereocenters. The maximum Gasteiger partial charge on any atom is 0.123 e. The number of nitrogens with one attached hydrogen (secondary N) is 1. The van der Waals surface area contributed by atoms with E-state index >= 15 is 0 Å². The fourth-order valence-electron chi connectivity index (χ4n) is 2.12. The monoisotopic (exact) mass is 267 g/mol. The summed E-state index contributed by atoms with van der Waals surface area (Å²) in [5.74, 6) is -0.191. The average molecular weight is 267 g/mol. The molecule has 0 amide bonds. The maximum absolute atomic E-state index is 12.9. The van der Waals surface area contributed by atoms with Gasteiger partial charge in [0, 0.05) is 12.6 Å². The molecule has 0 aromatic heterocycles. The van der Waals surface area contributed by atoms with E-state index < -0.39 is 0 Å². The van der Waals surface area contributed by atoms with Crippen molar-refractivity contribution in [3.63, 3.8) is 0 Å². The molecule has 108 valence electrons. The van der Waals surface area contributed by atoms with Gasteiger partial charge in [0.1, 0.15) is 5.82 Å². The summed E-state index contributed by atoms with van der Waals surface area (Å²) in [7, 11) is 0. The van der Waals surface area contributed by atoms with E-state index in [0.717, 1.165) is 31.4 Å². The summed E-state index contributed by atoms with van der Waals surface area (Å²) >= 11 is 0. The minimum Gasteiger partial charge on any atom is -0.396 e. The number of rotatable bonds is 8. The first-order chi connectivity index (χ1) is 8.98. The predicted octanol–water partition coefficient (Wildman–Crippen LogP) is 3.67. The fraction of sp³-hybridized carbons (Fsp3) is 0.625. The summed E-state index contributed by atoms with van der Waals surface area (Å²) in [5.41, 5.74) is 1.13. The molecule has 0 aliphatic carbocycles. The van der Waals surface area contributed by atoms with Gasteiger partial charge in [-0.25, -0.2) is 4.39 Å². The van der Waals surface area contributed by atoms with Gasteiger partial charge in [-0.05, 0) is 48.9 Å². The third kappa shape index (κ3) is 5.70. The molecular weight excluding hydrogens is 241 g/mol. The number of hydrogen-bond acceptors (Lipinski definition) is 2. The van der Waals surface area contributed by atoms with E-state index in [9.17, 15) is 9.50 Å². The van der Waals surface area contributed by atoms with Gasteiger partial charge in [-0.1, -0.05) is 32.9 Å². The van der Waals surface area contributed by atoms with E-state index in [0.29, 0.717) is 0 Å². The lowest BCUT2D eigenvalue weighted by atomic mass is 9.89. The second-order valence-electron chi connectivity index (χ2n) is 5.89. The Kier molecular flexibility index (Phi) is 6.46. The molecule has 2 nitrogen and oxygen atoms in total. The quantitative estimate of drug-likeness (QED) is 0.704. The van der Waals surface area contributed by atoms with E-state index in [-0.39, 0.29) is 23.9 Å². The summed E-state index contributed by atoms with van der Waals surface area (Å²) in [4.78, 5) is 0. The van der Waals surface area contributed by atoms with Crippen molar-refractivity contribution in [3.8, 4) is 0 Å². The van der Waals surface area contributed by atoms with Crippen molar-refractivity contribution in [1.82, 2.24) is 5.32 Å². The normalized spacial score (nSPS) is 13.5. The second-order valence-corrected chi connectivity index (χ2v) is 5.89. The second kappa shape index (κ2) is 7.61. The largest absolute Gasteiger partial charge is 0.396 e. The van der Waals surface area contributed by atoms with Crippen molar-refractivity contribution >= 4 is 0 Å². The minimum atomic E-state index is -0.191. The molecule has 0 aliphatic rings. The molecule has 0 saturated carbocycles. The Morgan fingerprint density at radius 1 is 1.26 bits per heavy atom. The van der Waals surface area contributed by atoms with Crippen molar-refractivity contribution in [1.29, 1.82) is 0 Å². The van der Waals surface area contributed by atoms with Crippen LogP contribution in [0.3, 0.4) is 0 Å². The lowest BCUT2D eigenvalue weighted by Gasteiger charge is -2.23. The van der Waals surface area contributed by atoms with Crippen molar-refractivity contribution in [2.75, 3.05) is 13.2 Å². The lowest BCUT2D eigenvalue weighted by molar-refractivity contribution is 0.147. The van der Waals surface area contributed by atoms with E-state index in [1.54, 1.807) is 0 Å². The van der Waals surface area contributed by atoms with E-state index in [1.165, 1.54) is 12.1 Å². The van der Waals surface area contributed by atoms with Crippen molar-refractivity contribution in [3.05, 3.63) is 35.6 Å². The molecule has 0 aliphatic heterocycles. The molecule has 0 saturated heterocycles. The zero-order valence-corrected chi connectivity index (χ0v) is 12.2. The third-order valence-corrected chi connectivity index (χ3v) is 3.53. The predicted molar refractivity (Wildman–Crippen MR) is 77.5 cm³/mol. The summed E-state index contributed by atoms with van der Waals surface area (Å²) in [6.45, 7) is 7.41. The summed E-state index contributed by atoms with van der Waals surface area (Å²) in [5, 5.41) is 12.7. The van der Waals surface area contributed by atoms with Crippen molar-refractivity contribution < 1.29 is 9.50 Å². The number of aliphatic hydroxyl groups excluding tert-OH is 1. The highest BCUT2D eigenvalue weighted by atomic mass is 19.1. The van der Waals surface area contributed by atoms with Crippen molar-refractivity contribution in [2.45, 2.75) is 46.1 Å². The van der Waals surface area contributed by atoms with Gasteiger partial charge in [-0.15, -0.1) is 0 Å². The van der Waals surface area contributed by atoms with Gasteiger partial charge < -0.3 is 10.4 Å². The van der Waals surface area contributed by atoms with Crippen LogP contribution in [0.1, 0.15) is 51.6 Å². The first kappa shape index (κ1) is 16.1. The third-order valence-electron chi connectivity index (χ3n) is 3.53. The van der Waals surface area contributed by atoms with Crippen LogP contribution in [0.5, 0.6) is 0 Å². The van der Waals surface area contributed by atoms with E-state index in [1.807, 2.05) is 12.1 Å². The number of hydrogen-bond donors (Lipinski definition) is 2. The molecule has 1 aromatic rings. The molecule has 0 bridgehead atoms. The first-order valence-electron chi connectivity index (χ1n) is 7.08. The Morgan fingerprint density at radius 2 is 1.89 bits per heavy atom. The standard InChI is InChI=1S/C16H26FNO/c1-4-15(13-6-8-14(17)9-7-13)18-11-5-10-16(2,3)12-19/h6-9,15,18-19H,4-5,10-12H2,1-3H3. The Balaban J connectivity index is 2.39. The molecule has 1 rings (SSSR count). The first-order valence-corrected chi connectivity index (χ1v) is 7.08. The molecule has 0 fully saturated rings. The van der Waals surface area contributed by atoms with Gasteiger partial charge in [0.25, 0.3) is 0 Å². The number of benzene rings is 1. The van der Waals surface area contributed by atoms with Gasteiger partial charge in [0.15, 0.2) is 0 Å². The van der Waals surface area contributed by atoms with Crippen LogP contribution in [0.2, 0.25) is 0 Å². The lowest BCUT2D eigenvalue weighted by Crippen LogP contribution is -2.24. The molecule has 2 N–H and O–H groups in total. The number of aliphatic hydroxyl groups is 1. The molecule has 1 atom stereocenters. The molecule has 19 heavy (non-hydrogen) atoms. The maximum atomic E-state index is 12.9. The van der Waals surface area contributed by atoms with Crippen LogP contribution in [0.4, 0.5) is 4.39 Å². The zero-order valence-electron chi connectivity index (χ0n) is 12.2. The highest BCUT2D eigenvalue weighted by Crippen LogP contribution is 2.21. The van der Waals surface area contributed by atoms with Gasteiger partial charge >= 0.3 is 0 Å². The Morgan fingerprint density at radius 3 is 2.42 bits per heavy atom. The SMILES string of the molecule is CCC(NCCCC(C)(C)CO)c1ccc(F)cc1. The molecular formula is C16H26FNO. The van der Waals surface area contributed by atoms with Gasteiger partial charge in [-0.2, -0.15) is 0 Å². The number of halogens is 1. The molecule has 0 radical (unpaired) electrons. The van der Waals surface area contributed by atoms with Crippen LogP contribution in [0.15, 0.2) is 24.3 Å². The fourth-order valence-corrected chi connectivity index (χ4v) is 2.12. The van der Waals surface area contributed by atoms with Crippen LogP contribution in [0, 0.1) is 11.2 Å². The van der Waals surface area contributed by atoms with Crippen LogP contribution >= 0.6 is 0 Å².